The molecule has 0 fully saturated rings. The van der Waals surface area contributed by atoms with Gasteiger partial charge in [0.2, 0.25) is 5.91 Å². The molecule has 13 heavy (non-hydrogen) atoms. The van der Waals surface area contributed by atoms with Crippen LogP contribution in [-0.4, -0.2) is 25.5 Å². The van der Waals surface area contributed by atoms with Crippen LogP contribution >= 0.6 is 0 Å². The summed E-state index contributed by atoms with van der Waals surface area (Å²) < 4.78 is 4.39. The first kappa shape index (κ1) is 11.9. The zero-order valence-electron chi connectivity index (χ0n) is 8.42. The first-order valence-corrected chi connectivity index (χ1v) is 4.46. The highest BCUT2D eigenvalue weighted by molar-refractivity contribution is 5.83. The van der Waals surface area contributed by atoms with Gasteiger partial charge >= 0.3 is 5.97 Å². The molecule has 0 aliphatic rings. The van der Waals surface area contributed by atoms with Crippen LogP contribution in [0, 0.1) is 5.92 Å². The first-order chi connectivity index (χ1) is 6.11. The standard InChI is InChI=1S/C9H17NO3/c1-4-5-7(2)9(12)10-6-8(11)13-3/h7H,4-6H2,1-3H3,(H,10,12)/t7-/m1/s1. The van der Waals surface area contributed by atoms with Gasteiger partial charge in [0, 0.05) is 5.92 Å². The summed E-state index contributed by atoms with van der Waals surface area (Å²) in [5.41, 5.74) is 0. The maximum absolute atomic E-state index is 11.2. The Morgan fingerprint density at radius 3 is 2.54 bits per heavy atom. The number of ether oxygens (including phenoxy) is 1. The van der Waals surface area contributed by atoms with Gasteiger partial charge in [0.05, 0.1) is 7.11 Å². The van der Waals surface area contributed by atoms with E-state index < -0.39 is 5.97 Å². The number of amides is 1. The van der Waals surface area contributed by atoms with Gasteiger partial charge in [-0.2, -0.15) is 0 Å². The third-order valence-corrected chi connectivity index (χ3v) is 1.80. The predicted octanol–water partition coefficient (Wildman–Crippen LogP) is 0.712. The van der Waals surface area contributed by atoms with Gasteiger partial charge in [0.15, 0.2) is 0 Å². The van der Waals surface area contributed by atoms with Crippen molar-refractivity contribution in [3.05, 3.63) is 0 Å². The van der Waals surface area contributed by atoms with Gasteiger partial charge in [-0.3, -0.25) is 9.59 Å². The summed E-state index contributed by atoms with van der Waals surface area (Å²) in [4.78, 5) is 21.9. The zero-order valence-corrected chi connectivity index (χ0v) is 8.42. The monoisotopic (exact) mass is 187 g/mol. The minimum absolute atomic E-state index is 0.0327. The van der Waals surface area contributed by atoms with Crippen LogP contribution in [0.4, 0.5) is 0 Å². The van der Waals surface area contributed by atoms with Gasteiger partial charge in [-0.25, -0.2) is 0 Å². The van der Waals surface area contributed by atoms with Crippen molar-refractivity contribution >= 4 is 11.9 Å². The lowest BCUT2D eigenvalue weighted by atomic mass is 10.1. The summed E-state index contributed by atoms with van der Waals surface area (Å²) >= 11 is 0. The smallest absolute Gasteiger partial charge is 0.325 e. The van der Waals surface area contributed by atoms with Crippen LogP contribution in [-0.2, 0) is 14.3 Å². The van der Waals surface area contributed by atoms with Gasteiger partial charge < -0.3 is 10.1 Å². The molecule has 0 heterocycles. The maximum atomic E-state index is 11.2. The lowest BCUT2D eigenvalue weighted by Crippen LogP contribution is -2.34. The van der Waals surface area contributed by atoms with Crippen molar-refractivity contribution in [2.75, 3.05) is 13.7 Å². The number of hydrogen-bond donors (Lipinski definition) is 1. The highest BCUT2D eigenvalue weighted by Crippen LogP contribution is 2.03. The third kappa shape index (κ3) is 5.22. The minimum Gasteiger partial charge on any atom is -0.468 e. The van der Waals surface area contributed by atoms with E-state index >= 15 is 0 Å². The number of esters is 1. The van der Waals surface area contributed by atoms with Crippen LogP contribution < -0.4 is 5.32 Å². The lowest BCUT2D eigenvalue weighted by Gasteiger charge is -2.09. The molecule has 0 spiro atoms. The summed E-state index contributed by atoms with van der Waals surface area (Å²) in [6, 6.07) is 0. The quantitative estimate of drug-likeness (QED) is 0.645. The van der Waals surface area contributed by atoms with Crippen molar-refractivity contribution in [2.24, 2.45) is 5.92 Å². The van der Waals surface area contributed by atoms with Crippen molar-refractivity contribution in [1.29, 1.82) is 0 Å². The van der Waals surface area contributed by atoms with Crippen molar-refractivity contribution < 1.29 is 14.3 Å². The van der Waals surface area contributed by atoms with Gasteiger partial charge in [-0.1, -0.05) is 20.3 Å². The molecule has 1 atom stereocenters. The highest BCUT2D eigenvalue weighted by Gasteiger charge is 2.12. The number of nitrogens with one attached hydrogen (secondary N) is 1. The predicted molar refractivity (Wildman–Crippen MR) is 49.1 cm³/mol. The van der Waals surface area contributed by atoms with Gasteiger partial charge in [0.1, 0.15) is 6.54 Å². The molecule has 0 aromatic carbocycles. The van der Waals surface area contributed by atoms with Crippen molar-refractivity contribution in [1.82, 2.24) is 5.32 Å². The molecular weight excluding hydrogens is 170 g/mol. The third-order valence-electron chi connectivity index (χ3n) is 1.80. The number of methoxy groups -OCH3 is 1. The molecule has 1 amide bonds. The molecule has 0 radical (unpaired) electrons. The van der Waals surface area contributed by atoms with Crippen molar-refractivity contribution in [3.63, 3.8) is 0 Å². The SMILES string of the molecule is CCC[C@@H](C)C(=O)NCC(=O)OC. The van der Waals surface area contributed by atoms with Gasteiger partial charge in [-0.05, 0) is 6.42 Å². The normalized spacial score (nSPS) is 11.9. The largest absolute Gasteiger partial charge is 0.468 e. The van der Waals surface area contributed by atoms with E-state index in [0.717, 1.165) is 12.8 Å². The Hall–Kier alpha value is -1.06. The second-order valence-electron chi connectivity index (χ2n) is 2.98. The Morgan fingerprint density at radius 2 is 2.08 bits per heavy atom. The minimum atomic E-state index is -0.419. The molecule has 0 saturated heterocycles. The average Bonchev–Trinajstić information content (AvgIpc) is 2.13. The second-order valence-corrected chi connectivity index (χ2v) is 2.98. The van der Waals surface area contributed by atoms with E-state index in [1.807, 2.05) is 13.8 Å². The van der Waals surface area contributed by atoms with Crippen LogP contribution in [0.15, 0.2) is 0 Å². The maximum Gasteiger partial charge on any atom is 0.325 e. The van der Waals surface area contributed by atoms with E-state index in [1.165, 1.54) is 7.11 Å². The molecular formula is C9H17NO3. The van der Waals surface area contributed by atoms with Crippen LogP contribution in [0.3, 0.4) is 0 Å². The molecule has 0 bridgehead atoms. The van der Waals surface area contributed by atoms with Crippen LogP contribution in [0.2, 0.25) is 0 Å². The summed E-state index contributed by atoms with van der Waals surface area (Å²) in [5, 5.41) is 2.50. The Bertz CT molecular complexity index is 180. The number of carbonyl (C=O) groups is 2. The molecule has 0 unspecified atom stereocenters. The van der Waals surface area contributed by atoms with E-state index in [4.69, 9.17) is 0 Å². The Morgan fingerprint density at radius 1 is 1.46 bits per heavy atom. The molecule has 0 aromatic heterocycles. The summed E-state index contributed by atoms with van der Waals surface area (Å²) in [6.07, 6.45) is 1.81. The fraction of sp³-hybridized carbons (Fsp3) is 0.778. The molecule has 76 valence electrons. The first-order valence-electron chi connectivity index (χ1n) is 4.46. The zero-order chi connectivity index (χ0) is 10.3. The van der Waals surface area contributed by atoms with Gasteiger partial charge in [-0.15, -0.1) is 0 Å². The van der Waals surface area contributed by atoms with E-state index in [0.29, 0.717) is 0 Å². The van der Waals surface area contributed by atoms with E-state index in [9.17, 15) is 9.59 Å². The van der Waals surface area contributed by atoms with E-state index in [-0.39, 0.29) is 18.4 Å². The van der Waals surface area contributed by atoms with E-state index in [1.54, 1.807) is 0 Å². The number of rotatable bonds is 5. The van der Waals surface area contributed by atoms with Crippen LogP contribution in [0.25, 0.3) is 0 Å². The Labute approximate surface area is 78.6 Å². The molecule has 4 heteroatoms. The molecule has 0 saturated carbocycles. The summed E-state index contributed by atoms with van der Waals surface area (Å²) in [6.45, 7) is 3.82. The summed E-state index contributed by atoms with van der Waals surface area (Å²) in [5.74, 6) is -0.543. The molecule has 0 rings (SSSR count). The van der Waals surface area contributed by atoms with Gasteiger partial charge in [0.25, 0.3) is 0 Å². The van der Waals surface area contributed by atoms with Crippen LogP contribution in [0.1, 0.15) is 26.7 Å². The van der Waals surface area contributed by atoms with Crippen molar-refractivity contribution in [3.8, 4) is 0 Å². The molecule has 0 aliphatic heterocycles. The fourth-order valence-electron chi connectivity index (χ4n) is 0.970. The summed E-state index contributed by atoms with van der Waals surface area (Å²) in [7, 11) is 1.30. The molecule has 4 nitrogen and oxygen atoms in total. The topological polar surface area (TPSA) is 55.4 Å². The second kappa shape index (κ2) is 6.46. The average molecular weight is 187 g/mol. The molecule has 0 aliphatic carbocycles. The van der Waals surface area contributed by atoms with E-state index in [2.05, 4.69) is 10.1 Å². The lowest BCUT2D eigenvalue weighted by molar-refractivity contribution is -0.141. The van der Waals surface area contributed by atoms with Crippen molar-refractivity contribution in [2.45, 2.75) is 26.7 Å². The number of carbonyl (C=O) groups excluding carboxylic acids is 2. The molecule has 1 N–H and O–H groups in total. The highest BCUT2D eigenvalue weighted by atomic mass is 16.5. The Kier molecular flexibility index (Phi) is 5.93. The Balaban J connectivity index is 3.67. The number of hydrogen-bond acceptors (Lipinski definition) is 3. The fourth-order valence-corrected chi connectivity index (χ4v) is 0.970. The molecule has 0 aromatic rings. The van der Waals surface area contributed by atoms with Crippen LogP contribution in [0.5, 0.6) is 0 Å².